The molecule has 3 aliphatic carbocycles. The number of aryl methyl sites for hydroxylation is 2. The van der Waals surface area contributed by atoms with Crippen LogP contribution in [0.1, 0.15) is 66.2 Å². The van der Waals surface area contributed by atoms with Crippen molar-refractivity contribution < 1.29 is 4.42 Å². The number of nitrogens with one attached hydrogen (secondary N) is 1. The van der Waals surface area contributed by atoms with E-state index in [-0.39, 0.29) is 17.4 Å². The van der Waals surface area contributed by atoms with E-state index in [4.69, 9.17) is 9.41 Å². The predicted molar refractivity (Wildman–Crippen MR) is 211 cm³/mol. The Labute approximate surface area is 298 Å². The minimum absolute atomic E-state index is 0.0409. The van der Waals surface area contributed by atoms with Gasteiger partial charge in [0.15, 0.2) is 0 Å². The Morgan fingerprint density at radius 1 is 0.686 bits per heavy atom. The molecule has 7 aromatic rings. The Kier molecular flexibility index (Phi) is 6.09. The average molecular weight is 659 g/mol. The lowest BCUT2D eigenvalue weighted by Crippen LogP contribution is -2.39. The number of para-hydroxylation sites is 1. The summed E-state index contributed by atoms with van der Waals surface area (Å²) < 4.78 is 6.43. The molecule has 11 rings (SSSR count). The zero-order chi connectivity index (χ0) is 33.8. The first-order valence-corrected chi connectivity index (χ1v) is 18.5. The van der Waals surface area contributed by atoms with Crippen LogP contribution >= 0.6 is 0 Å². The molecule has 2 heterocycles. The summed E-state index contributed by atoms with van der Waals surface area (Å²) in [5, 5.41) is 10.4. The SMILES string of the molecule is CC1(C)C2=C(c3ccccc31)C(C1CCc3cc4ccccc4cc3-c3cc4ccccc4cc31)N=C(C1=Cc3oc4ccccc4c3CC1)N2. The summed E-state index contributed by atoms with van der Waals surface area (Å²) in [6, 6.07) is 44.9. The van der Waals surface area contributed by atoms with Crippen LogP contribution in [-0.2, 0) is 18.3 Å². The van der Waals surface area contributed by atoms with E-state index >= 15 is 0 Å². The fourth-order valence-electron chi connectivity index (χ4n) is 9.71. The monoisotopic (exact) mass is 658 g/mol. The number of allylic oxidation sites excluding steroid dienone is 1. The van der Waals surface area contributed by atoms with Gasteiger partial charge in [0, 0.05) is 33.6 Å². The molecule has 0 saturated carbocycles. The second-order valence-electron chi connectivity index (χ2n) is 15.4. The van der Waals surface area contributed by atoms with Crippen LogP contribution in [0.3, 0.4) is 0 Å². The number of hydrogen-bond donors (Lipinski definition) is 1. The number of rotatable bonds is 2. The summed E-state index contributed by atoms with van der Waals surface area (Å²) in [6.45, 7) is 4.76. The molecule has 3 nitrogen and oxygen atoms in total. The summed E-state index contributed by atoms with van der Waals surface area (Å²) in [7, 11) is 0. The van der Waals surface area contributed by atoms with E-state index in [1.54, 1.807) is 0 Å². The van der Waals surface area contributed by atoms with Crippen LogP contribution in [0.4, 0.5) is 0 Å². The normalized spacial score (nSPS) is 20.1. The lowest BCUT2D eigenvalue weighted by molar-refractivity contribution is 0.558. The average Bonchev–Trinajstić information content (AvgIpc) is 3.60. The van der Waals surface area contributed by atoms with Crippen LogP contribution in [-0.4, -0.2) is 11.9 Å². The van der Waals surface area contributed by atoms with Crippen molar-refractivity contribution in [2.75, 3.05) is 0 Å². The predicted octanol–water partition coefficient (Wildman–Crippen LogP) is 11.5. The summed E-state index contributed by atoms with van der Waals surface area (Å²) in [5.74, 6) is 2.16. The van der Waals surface area contributed by atoms with Gasteiger partial charge in [0.2, 0.25) is 0 Å². The number of aliphatic imine (C=N–C) groups is 1. The Morgan fingerprint density at radius 2 is 1.37 bits per heavy atom. The molecule has 0 bridgehead atoms. The van der Waals surface area contributed by atoms with Gasteiger partial charge in [-0.25, -0.2) is 0 Å². The van der Waals surface area contributed by atoms with Crippen molar-refractivity contribution in [3.8, 4) is 11.1 Å². The minimum atomic E-state index is -0.178. The molecule has 246 valence electrons. The Hall–Kier alpha value is -5.67. The van der Waals surface area contributed by atoms with Crippen molar-refractivity contribution >= 4 is 50.0 Å². The summed E-state index contributed by atoms with van der Waals surface area (Å²) in [5.41, 5.74) is 14.2. The maximum absolute atomic E-state index is 6.43. The van der Waals surface area contributed by atoms with Gasteiger partial charge in [0.1, 0.15) is 17.2 Å². The molecule has 0 fully saturated rings. The van der Waals surface area contributed by atoms with Gasteiger partial charge in [-0.2, -0.15) is 0 Å². The first-order chi connectivity index (χ1) is 25.0. The topological polar surface area (TPSA) is 37.5 Å². The number of furan rings is 1. The molecule has 3 heteroatoms. The van der Waals surface area contributed by atoms with Crippen LogP contribution in [0.25, 0.3) is 55.3 Å². The first-order valence-electron chi connectivity index (χ1n) is 18.5. The van der Waals surface area contributed by atoms with E-state index in [0.717, 1.165) is 42.9 Å². The maximum Gasteiger partial charge on any atom is 0.135 e. The number of nitrogens with zero attached hydrogens (tertiary/aromatic N) is 1. The highest BCUT2D eigenvalue weighted by atomic mass is 16.3. The third-order valence-corrected chi connectivity index (χ3v) is 12.3. The molecule has 0 saturated heterocycles. The van der Waals surface area contributed by atoms with E-state index in [0.29, 0.717) is 0 Å². The lowest BCUT2D eigenvalue weighted by Gasteiger charge is -2.35. The van der Waals surface area contributed by atoms with Gasteiger partial charge in [-0.3, -0.25) is 4.99 Å². The van der Waals surface area contributed by atoms with Gasteiger partial charge in [-0.1, -0.05) is 117 Å². The van der Waals surface area contributed by atoms with Crippen molar-refractivity contribution in [3.05, 3.63) is 166 Å². The summed E-state index contributed by atoms with van der Waals surface area (Å²) in [4.78, 5) is 5.84. The van der Waals surface area contributed by atoms with Crippen molar-refractivity contribution in [1.29, 1.82) is 0 Å². The zero-order valence-electron chi connectivity index (χ0n) is 29.0. The molecule has 6 aromatic carbocycles. The second kappa shape index (κ2) is 10.7. The number of amidine groups is 1. The van der Waals surface area contributed by atoms with E-state index in [9.17, 15) is 0 Å². The van der Waals surface area contributed by atoms with Crippen LogP contribution in [0, 0.1) is 0 Å². The van der Waals surface area contributed by atoms with E-state index in [1.165, 1.54) is 82.7 Å². The molecule has 4 aliphatic rings. The summed E-state index contributed by atoms with van der Waals surface area (Å²) >= 11 is 0. The molecule has 1 aromatic heterocycles. The van der Waals surface area contributed by atoms with Gasteiger partial charge in [0.05, 0.1) is 6.04 Å². The van der Waals surface area contributed by atoms with E-state index in [1.807, 2.05) is 0 Å². The molecule has 0 amide bonds. The van der Waals surface area contributed by atoms with Crippen molar-refractivity contribution in [3.63, 3.8) is 0 Å². The van der Waals surface area contributed by atoms with Crippen molar-refractivity contribution in [2.24, 2.45) is 4.99 Å². The third-order valence-electron chi connectivity index (χ3n) is 12.3. The molecule has 0 radical (unpaired) electrons. The number of fused-ring (bicyclic) bond motifs is 10. The van der Waals surface area contributed by atoms with E-state index < -0.39 is 0 Å². The van der Waals surface area contributed by atoms with Crippen LogP contribution < -0.4 is 5.32 Å². The quantitative estimate of drug-likeness (QED) is 0.201. The molecule has 1 N–H and O–H groups in total. The fourth-order valence-corrected chi connectivity index (χ4v) is 9.71. The Balaban J connectivity index is 1.13. The van der Waals surface area contributed by atoms with Crippen molar-refractivity contribution in [1.82, 2.24) is 5.32 Å². The fraction of sp³-hybridized carbons (Fsp3) is 0.188. The molecular formula is C48H38N2O. The minimum Gasteiger partial charge on any atom is -0.456 e. The highest BCUT2D eigenvalue weighted by Gasteiger charge is 2.46. The number of hydrogen-bond acceptors (Lipinski definition) is 3. The van der Waals surface area contributed by atoms with Crippen LogP contribution in [0.5, 0.6) is 0 Å². The third kappa shape index (κ3) is 4.27. The van der Waals surface area contributed by atoms with Gasteiger partial charge < -0.3 is 9.73 Å². The second-order valence-corrected chi connectivity index (χ2v) is 15.4. The van der Waals surface area contributed by atoms with Gasteiger partial charge in [0.25, 0.3) is 0 Å². The van der Waals surface area contributed by atoms with E-state index in [2.05, 4.69) is 147 Å². The maximum atomic E-state index is 6.43. The molecule has 51 heavy (non-hydrogen) atoms. The largest absolute Gasteiger partial charge is 0.456 e. The highest BCUT2D eigenvalue weighted by molar-refractivity contribution is 6.08. The van der Waals surface area contributed by atoms with Crippen LogP contribution in [0.15, 0.2) is 142 Å². The van der Waals surface area contributed by atoms with Gasteiger partial charge in [-0.15, -0.1) is 0 Å². The summed E-state index contributed by atoms with van der Waals surface area (Å²) in [6.07, 6.45) is 6.15. The Morgan fingerprint density at radius 3 is 2.20 bits per heavy atom. The molecular weight excluding hydrogens is 621 g/mol. The highest BCUT2D eigenvalue weighted by Crippen LogP contribution is 2.53. The van der Waals surface area contributed by atoms with Gasteiger partial charge in [-0.05, 0) is 110 Å². The number of benzene rings is 6. The molecule has 2 atom stereocenters. The first kappa shape index (κ1) is 29.1. The zero-order valence-corrected chi connectivity index (χ0v) is 29.0. The van der Waals surface area contributed by atoms with Crippen molar-refractivity contribution in [2.45, 2.75) is 56.9 Å². The van der Waals surface area contributed by atoms with Crippen LogP contribution in [0.2, 0.25) is 0 Å². The molecule has 1 aliphatic heterocycles. The Bertz CT molecular complexity index is 2720. The lowest BCUT2D eigenvalue weighted by atomic mass is 9.79. The smallest absolute Gasteiger partial charge is 0.135 e. The standard InChI is InChI=1S/C48H38N2O/c1-48(2)41-17-9-7-16-37(41)44-45(49-47(50-46(44)48)33-20-21-35-34-15-8-10-18-42(34)51-43(35)27-33)36-22-19-32-23-28-11-3-4-12-29(28)24-38(32)40-26-31-14-6-5-13-30(31)25-39(36)40/h3-18,23-27,36,45H,19-22H2,1-2H3,(H,49,50). The molecule has 2 unspecified atom stereocenters. The molecule has 0 spiro atoms. The van der Waals surface area contributed by atoms with Gasteiger partial charge >= 0.3 is 0 Å².